The first-order valence-electron chi connectivity index (χ1n) is 3.07. The summed E-state index contributed by atoms with van der Waals surface area (Å²) in [6.45, 7) is 1.33. The summed E-state index contributed by atoms with van der Waals surface area (Å²) in [6, 6.07) is 1.15. The molecule has 1 heterocycles. The van der Waals surface area contributed by atoms with E-state index in [0.717, 1.165) is 6.07 Å². The lowest BCUT2D eigenvalue weighted by Gasteiger charge is -1.99. The molecule has 2 N–H and O–H groups in total. The van der Waals surface area contributed by atoms with Crippen molar-refractivity contribution in [2.24, 2.45) is 0 Å². The van der Waals surface area contributed by atoms with Crippen LogP contribution < -0.4 is 5.56 Å². The van der Waals surface area contributed by atoms with Gasteiger partial charge >= 0.3 is 0 Å². The Bertz CT molecular complexity index is 326. The Morgan fingerprint density at radius 2 is 2.27 bits per heavy atom. The molecule has 0 aliphatic carbocycles. The number of H-pyrrole nitrogens is 2. The maximum Gasteiger partial charge on any atom is 0.251 e. The third-order valence-electron chi connectivity index (χ3n) is 1.21. The van der Waals surface area contributed by atoms with Gasteiger partial charge in [0.05, 0.1) is 5.69 Å². The molecule has 3 nitrogen and oxygen atoms in total. The van der Waals surface area contributed by atoms with Crippen LogP contribution in [-0.4, -0.2) is 9.97 Å². The average molecular weight is 174 g/mol. The first-order valence-corrected chi connectivity index (χ1v) is 3.48. The molecule has 1 aromatic heterocycles. The van der Waals surface area contributed by atoms with Crippen molar-refractivity contribution in [1.82, 2.24) is 9.97 Å². The number of aromatic nitrogens is 2. The van der Waals surface area contributed by atoms with E-state index in [0.29, 0.717) is 0 Å². The summed E-state index contributed by atoms with van der Waals surface area (Å²) in [5, 5.41) is 0. The summed E-state index contributed by atoms with van der Waals surface area (Å²) in [7, 11) is 0. The predicted molar refractivity (Wildman–Crippen MR) is 41.8 cm³/mol. The summed E-state index contributed by atoms with van der Waals surface area (Å²) in [5.41, 5.74) is -0.174. The number of hydrogen-bond acceptors (Lipinski definition) is 2. The molecule has 1 rings (SSSR count). The molecule has 60 valence electrons. The van der Waals surface area contributed by atoms with Crippen molar-refractivity contribution in [2.45, 2.75) is 13.1 Å². The number of hydrogen-bond donors (Lipinski definition) is 2. The summed E-state index contributed by atoms with van der Waals surface area (Å²) in [4.78, 5) is 15.5. The van der Waals surface area contributed by atoms with Crippen molar-refractivity contribution in [3.05, 3.63) is 26.9 Å². The molecule has 0 aliphatic heterocycles. The average Bonchev–Trinajstić information content (AvgIpc) is 1.85. The number of rotatable bonds is 1. The maximum atomic E-state index is 12.6. The lowest BCUT2D eigenvalue weighted by Crippen LogP contribution is -2.08. The van der Waals surface area contributed by atoms with E-state index in [4.69, 9.17) is 0 Å². The zero-order chi connectivity index (χ0) is 8.43. The second kappa shape index (κ2) is 2.96. The molecule has 0 saturated carbocycles. The highest BCUT2D eigenvalue weighted by molar-refractivity contribution is 7.71. The van der Waals surface area contributed by atoms with E-state index in [-0.39, 0.29) is 16.0 Å². The molecule has 0 saturated heterocycles. The second-order valence-corrected chi connectivity index (χ2v) is 2.57. The third kappa shape index (κ3) is 1.98. The van der Waals surface area contributed by atoms with E-state index in [2.05, 4.69) is 22.2 Å². The van der Waals surface area contributed by atoms with Crippen LogP contribution in [0.2, 0.25) is 0 Å². The van der Waals surface area contributed by atoms with Gasteiger partial charge in [0.1, 0.15) is 6.17 Å². The number of nitrogens with one attached hydrogen (secondary N) is 2. The van der Waals surface area contributed by atoms with Crippen molar-refractivity contribution in [2.75, 3.05) is 0 Å². The normalized spacial score (nSPS) is 12.9. The van der Waals surface area contributed by atoms with E-state index in [1.165, 1.54) is 6.92 Å². The highest BCUT2D eigenvalue weighted by atomic mass is 32.1. The van der Waals surface area contributed by atoms with Gasteiger partial charge in [0, 0.05) is 6.07 Å². The van der Waals surface area contributed by atoms with Gasteiger partial charge in [-0.3, -0.25) is 9.78 Å². The summed E-state index contributed by atoms with van der Waals surface area (Å²) in [6.07, 6.45) is -1.20. The van der Waals surface area contributed by atoms with Crippen LogP contribution in [0.15, 0.2) is 10.9 Å². The van der Waals surface area contributed by atoms with Crippen LogP contribution in [0.4, 0.5) is 4.39 Å². The number of halogens is 1. The highest BCUT2D eigenvalue weighted by Gasteiger charge is 2.02. The molecule has 1 aromatic rings. The van der Waals surface area contributed by atoms with Crippen molar-refractivity contribution in [3.63, 3.8) is 0 Å². The number of alkyl halides is 1. The standard InChI is InChI=1S/C6H7FN2OS/c1-3(7)4-2-5(10)9-6(11)8-4/h2-3H,1H3,(H2,8,9,10,11)/t3-/m0/s1. The maximum absolute atomic E-state index is 12.6. The first-order chi connectivity index (χ1) is 5.09. The molecular weight excluding hydrogens is 167 g/mol. The van der Waals surface area contributed by atoms with Crippen LogP contribution in [0.5, 0.6) is 0 Å². The van der Waals surface area contributed by atoms with Gasteiger partial charge in [0.2, 0.25) is 0 Å². The molecule has 0 aromatic carbocycles. The first kappa shape index (κ1) is 8.13. The molecule has 0 spiro atoms. The van der Waals surface area contributed by atoms with E-state index in [1.54, 1.807) is 0 Å². The van der Waals surface area contributed by atoms with E-state index >= 15 is 0 Å². The summed E-state index contributed by atoms with van der Waals surface area (Å²) < 4.78 is 12.7. The van der Waals surface area contributed by atoms with Crippen LogP contribution >= 0.6 is 12.2 Å². The Morgan fingerprint density at radius 1 is 1.64 bits per heavy atom. The van der Waals surface area contributed by atoms with E-state index < -0.39 is 6.17 Å². The Morgan fingerprint density at radius 3 is 2.73 bits per heavy atom. The van der Waals surface area contributed by atoms with E-state index in [9.17, 15) is 9.18 Å². The highest BCUT2D eigenvalue weighted by Crippen LogP contribution is 2.09. The van der Waals surface area contributed by atoms with Gasteiger partial charge in [-0.05, 0) is 19.1 Å². The minimum absolute atomic E-state index is 0.150. The van der Waals surface area contributed by atoms with Gasteiger partial charge in [-0.2, -0.15) is 0 Å². The van der Waals surface area contributed by atoms with Crippen LogP contribution in [0, 0.1) is 4.77 Å². The smallest absolute Gasteiger partial charge is 0.251 e. The van der Waals surface area contributed by atoms with Gasteiger partial charge in [0.15, 0.2) is 4.77 Å². The fourth-order valence-electron chi connectivity index (χ4n) is 0.702. The SMILES string of the molecule is C[C@H](F)c1cc(=O)[nH]c(=S)[nH]1. The molecule has 0 unspecified atom stereocenters. The van der Waals surface area contributed by atoms with Crippen LogP contribution in [0.25, 0.3) is 0 Å². The fourth-order valence-corrected chi connectivity index (χ4v) is 0.920. The van der Waals surface area contributed by atoms with Crippen molar-refractivity contribution < 1.29 is 4.39 Å². The van der Waals surface area contributed by atoms with E-state index in [1.807, 2.05) is 0 Å². The lowest BCUT2D eigenvalue weighted by molar-refractivity contribution is 0.364. The largest absolute Gasteiger partial charge is 0.333 e. The molecule has 0 bridgehead atoms. The van der Waals surface area contributed by atoms with Gasteiger partial charge in [0.25, 0.3) is 5.56 Å². The van der Waals surface area contributed by atoms with Crippen molar-refractivity contribution >= 4 is 12.2 Å². The molecule has 1 atom stereocenters. The Kier molecular flexibility index (Phi) is 2.19. The van der Waals surface area contributed by atoms with Crippen molar-refractivity contribution in [3.8, 4) is 0 Å². The van der Waals surface area contributed by atoms with Crippen LogP contribution in [0.1, 0.15) is 18.8 Å². The van der Waals surface area contributed by atoms with Gasteiger partial charge in [-0.15, -0.1) is 0 Å². The third-order valence-corrected chi connectivity index (χ3v) is 1.41. The predicted octanol–water partition coefficient (Wildman–Crippen LogP) is 1.46. The minimum Gasteiger partial charge on any atom is -0.333 e. The minimum atomic E-state index is -1.20. The Hall–Kier alpha value is -0.970. The summed E-state index contributed by atoms with van der Waals surface area (Å²) in [5.74, 6) is 0. The Labute approximate surface area is 67.3 Å². The molecule has 0 aliphatic rings. The molecule has 5 heteroatoms. The van der Waals surface area contributed by atoms with Crippen LogP contribution in [0.3, 0.4) is 0 Å². The quantitative estimate of drug-likeness (QED) is 0.633. The zero-order valence-corrected chi connectivity index (χ0v) is 6.67. The monoisotopic (exact) mass is 174 g/mol. The fraction of sp³-hybridized carbons (Fsp3) is 0.333. The molecular formula is C6H7FN2OS. The summed E-state index contributed by atoms with van der Waals surface area (Å²) >= 11 is 4.63. The molecule has 0 amide bonds. The van der Waals surface area contributed by atoms with Gasteiger partial charge in [-0.1, -0.05) is 0 Å². The zero-order valence-electron chi connectivity index (χ0n) is 5.85. The number of aromatic amines is 2. The Balaban J connectivity index is 3.30. The van der Waals surface area contributed by atoms with Gasteiger partial charge < -0.3 is 4.98 Å². The van der Waals surface area contributed by atoms with Gasteiger partial charge in [-0.25, -0.2) is 4.39 Å². The lowest BCUT2D eigenvalue weighted by atomic mass is 10.3. The molecule has 0 fully saturated rings. The molecule has 0 radical (unpaired) electrons. The molecule has 11 heavy (non-hydrogen) atoms. The second-order valence-electron chi connectivity index (χ2n) is 2.16. The van der Waals surface area contributed by atoms with Crippen molar-refractivity contribution in [1.29, 1.82) is 0 Å². The van der Waals surface area contributed by atoms with Crippen LogP contribution in [-0.2, 0) is 0 Å². The topological polar surface area (TPSA) is 48.6 Å².